The summed E-state index contributed by atoms with van der Waals surface area (Å²) in [6, 6.07) is 21.1. The van der Waals surface area contributed by atoms with E-state index in [4.69, 9.17) is 4.74 Å². The lowest BCUT2D eigenvalue weighted by Gasteiger charge is -2.22. The van der Waals surface area contributed by atoms with E-state index in [1.165, 1.54) is 12.1 Å². The van der Waals surface area contributed by atoms with Gasteiger partial charge in [0, 0.05) is 13.1 Å². The van der Waals surface area contributed by atoms with Crippen molar-refractivity contribution in [2.45, 2.75) is 19.7 Å². The van der Waals surface area contributed by atoms with Crippen LogP contribution in [0.2, 0.25) is 0 Å². The zero-order chi connectivity index (χ0) is 20.9. The van der Waals surface area contributed by atoms with E-state index in [9.17, 15) is 14.0 Å². The Balaban J connectivity index is 1.53. The molecule has 3 aromatic carbocycles. The lowest BCUT2D eigenvalue weighted by molar-refractivity contribution is 0.0910. The molecular weight excluding hydrogens is 403 g/mol. The SMILES string of the molecule is O=C(OCc1ccccc1)N(Cc1ccc(F)cc1)Cc1ccc2[nH]c(=O)sc2c1. The maximum absolute atomic E-state index is 13.3. The van der Waals surface area contributed by atoms with Gasteiger partial charge in [0.25, 0.3) is 0 Å². The van der Waals surface area contributed by atoms with E-state index in [1.54, 1.807) is 17.0 Å². The first-order valence-corrected chi connectivity index (χ1v) is 10.2. The fourth-order valence-electron chi connectivity index (χ4n) is 3.11. The van der Waals surface area contributed by atoms with E-state index in [0.29, 0.717) is 6.54 Å². The predicted octanol–water partition coefficient (Wildman–Crippen LogP) is 5.07. The van der Waals surface area contributed by atoms with Crippen molar-refractivity contribution < 1.29 is 13.9 Å². The number of ether oxygens (including phenoxy) is 1. The van der Waals surface area contributed by atoms with Crippen LogP contribution in [-0.4, -0.2) is 16.0 Å². The molecule has 4 rings (SSSR count). The van der Waals surface area contributed by atoms with Gasteiger partial charge in [0.1, 0.15) is 12.4 Å². The van der Waals surface area contributed by atoms with E-state index in [0.717, 1.165) is 38.2 Å². The van der Waals surface area contributed by atoms with Gasteiger partial charge < -0.3 is 9.72 Å². The number of nitrogens with one attached hydrogen (secondary N) is 1. The van der Waals surface area contributed by atoms with Gasteiger partial charge in [-0.1, -0.05) is 59.9 Å². The molecule has 7 heteroatoms. The molecule has 0 unspecified atom stereocenters. The fourth-order valence-corrected chi connectivity index (χ4v) is 3.91. The summed E-state index contributed by atoms with van der Waals surface area (Å²) in [6.45, 7) is 0.737. The van der Waals surface area contributed by atoms with Crippen molar-refractivity contribution in [2.24, 2.45) is 0 Å². The number of halogens is 1. The van der Waals surface area contributed by atoms with Crippen LogP contribution in [0.3, 0.4) is 0 Å². The Morgan fingerprint density at radius 3 is 2.40 bits per heavy atom. The smallest absolute Gasteiger partial charge is 0.410 e. The lowest BCUT2D eigenvalue weighted by atomic mass is 10.1. The highest BCUT2D eigenvalue weighted by molar-refractivity contribution is 7.16. The van der Waals surface area contributed by atoms with Crippen LogP contribution in [0.5, 0.6) is 0 Å². The molecule has 0 saturated heterocycles. The summed E-state index contributed by atoms with van der Waals surface area (Å²) in [7, 11) is 0. The fraction of sp³-hybridized carbons (Fsp3) is 0.130. The second kappa shape index (κ2) is 8.92. The summed E-state index contributed by atoms with van der Waals surface area (Å²) >= 11 is 1.13. The summed E-state index contributed by atoms with van der Waals surface area (Å²) in [5.41, 5.74) is 3.33. The Bertz CT molecular complexity index is 1200. The topological polar surface area (TPSA) is 62.4 Å². The number of thiazole rings is 1. The molecule has 5 nitrogen and oxygen atoms in total. The minimum absolute atomic E-state index is 0.118. The zero-order valence-corrected chi connectivity index (χ0v) is 16.8. The number of carbonyl (C=O) groups is 1. The summed E-state index contributed by atoms with van der Waals surface area (Å²) < 4.78 is 19.6. The molecule has 0 bridgehead atoms. The maximum atomic E-state index is 13.3. The van der Waals surface area contributed by atoms with Crippen molar-refractivity contribution >= 4 is 27.6 Å². The highest BCUT2D eigenvalue weighted by Gasteiger charge is 2.17. The molecule has 1 heterocycles. The number of nitrogens with zero attached hydrogens (tertiary/aromatic N) is 1. The van der Waals surface area contributed by atoms with E-state index in [2.05, 4.69) is 4.98 Å². The van der Waals surface area contributed by atoms with Gasteiger partial charge >= 0.3 is 11.0 Å². The van der Waals surface area contributed by atoms with Crippen molar-refractivity contribution in [2.75, 3.05) is 0 Å². The number of hydrogen-bond acceptors (Lipinski definition) is 4. The normalized spacial score (nSPS) is 10.8. The minimum Gasteiger partial charge on any atom is -0.445 e. The Hall–Kier alpha value is -3.45. The number of carbonyl (C=O) groups excluding carboxylic acids is 1. The first-order valence-electron chi connectivity index (χ1n) is 9.39. The Labute approximate surface area is 176 Å². The molecule has 0 fully saturated rings. The minimum atomic E-state index is -0.467. The van der Waals surface area contributed by atoms with Gasteiger partial charge in [-0.25, -0.2) is 9.18 Å². The number of benzene rings is 3. The van der Waals surface area contributed by atoms with Gasteiger partial charge in [0.15, 0.2) is 0 Å². The van der Waals surface area contributed by atoms with Gasteiger partial charge in [-0.05, 0) is 41.0 Å². The van der Waals surface area contributed by atoms with Crippen LogP contribution in [0.4, 0.5) is 9.18 Å². The third kappa shape index (κ3) is 4.93. The van der Waals surface area contributed by atoms with Crippen molar-refractivity contribution in [3.63, 3.8) is 0 Å². The molecule has 0 saturated carbocycles. The molecule has 0 aliphatic carbocycles. The number of aromatic nitrogens is 1. The Morgan fingerprint density at radius 1 is 0.933 bits per heavy atom. The molecular formula is C23H19FN2O3S. The van der Waals surface area contributed by atoms with Crippen molar-refractivity contribution in [1.82, 2.24) is 9.88 Å². The van der Waals surface area contributed by atoms with Gasteiger partial charge in [0.05, 0.1) is 10.2 Å². The van der Waals surface area contributed by atoms with Gasteiger partial charge in [0.2, 0.25) is 0 Å². The lowest BCUT2D eigenvalue weighted by Crippen LogP contribution is -2.30. The standard InChI is InChI=1S/C23H19FN2O3S/c24-19-9-6-16(7-10-19)13-26(23(28)29-15-17-4-2-1-3-5-17)14-18-8-11-20-21(12-18)30-22(27)25-20/h1-12H,13-15H2,(H,25,27). The summed E-state index contributed by atoms with van der Waals surface area (Å²) in [5.74, 6) is -0.329. The van der Waals surface area contributed by atoms with E-state index >= 15 is 0 Å². The summed E-state index contributed by atoms with van der Waals surface area (Å²) in [6.07, 6.45) is -0.467. The molecule has 0 aliphatic heterocycles. The number of hydrogen-bond donors (Lipinski definition) is 1. The molecule has 152 valence electrons. The molecule has 4 aromatic rings. The molecule has 0 atom stereocenters. The van der Waals surface area contributed by atoms with Crippen LogP contribution < -0.4 is 4.87 Å². The largest absolute Gasteiger partial charge is 0.445 e. The highest BCUT2D eigenvalue weighted by atomic mass is 32.1. The average molecular weight is 422 g/mol. The van der Waals surface area contributed by atoms with E-state index in [1.807, 2.05) is 48.5 Å². The van der Waals surface area contributed by atoms with Crippen LogP contribution in [-0.2, 0) is 24.4 Å². The van der Waals surface area contributed by atoms with E-state index in [-0.39, 0.29) is 23.8 Å². The highest BCUT2D eigenvalue weighted by Crippen LogP contribution is 2.19. The number of aromatic amines is 1. The Morgan fingerprint density at radius 2 is 1.63 bits per heavy atom. The number of fused-ring (bicyclic) bond motifs is 1. The van der Waals surface area contributed by atoms with Gasteiger partial charge in [-0.3, -0.25) is 9.69 Å². The van der Waals surface area contributed by atoms with Crippen LogP contribution in [0.25, 0.3) is 10.2 Å². The molecule has 0 spiro atoms. The molecule has 1 aromatic heterocycles. The number of H-pyrrole nitrogens is 1. The quantitative estimate of drug-likeness (QED) is 0.472. The number of amides is 1. The molecule has 30 heavy (non-hydrogen) atoms. The molecule has 0 aliphatic rings. The third-order valence-corrected chi connectivity index (χ3v) is 5.45. The van der Waals surface area contributed by atoms with Crippen LogP contribution in [0.15, 0.2) is 77.6 Å². The molecule has 1 amide bonds. The van der Waals surface area contributed by atoms with Gasteiger partial charge in [-0.15, -0.1) is 0 Å². The predicted molar refractivity (Wildman–Crippen MR) is 115 cm³/mol. The second-order valence-electron chi connectivity index (χ2n) is 6.87. The van der Waals surface area contributed by atoms with Crippen LogP contribution in [0.1, 0.15) is 16.7 Å². The second-order valence-corrected chi connectivity index (χ2v) is 7.88. The maximum Gasteiger partial charge on any atom is 0.410 e. The molecule has 0 radical (unpaired) electrons. The monoisotopic (exact) mass is 422 g/mol. The number of rotatable bonds is 6. The van der Waals surface area contributed by atoms with Gasteiger partial charge in [-0.2, -0.15) is 0 Å². The van der Waals surface area contributed by atoms with E-state index < -0.39 is 6.09 Å². The first kappa shape index (κ1) is 19.8. The van der Waals surface area contributed by atoms with Crippen molar-refractivity contribution in [3.05, 3.63) is 105 Å². The van der Waals surface area contributed by atoms with Crippen LogP contribution >= 0.6 is 11.3 Å². The zero-order valence-electron chi connectivity index (χ0n) is 16.0. The molecule has 1 N–H and O–H groups in total. The van der Waals surface area contributed by atoms with Crippen LogP contribution in [0, 0.1) is 5.82 Å². The summed E-state index contributed by atoms with van der Waals surface area (Å²) in [5, 5.41) is 0. The average Bonchev–Trinajstić information content (AvgIpc) is 3.13. The third-order valence-electron chi connectivity index (χ3n) is 4.61. The Kier molecular flexibility index (Phi) is 5.90. The van der Waals surface area contributed by atoms with Crippen molar-refractivity contribution in [3.8, 4) is 0 Å². The summed E-state index contributed by atoms with van der Waals surface area (Å²) in [4.78, 5) is 28.6. The first-order chi connectivity index (χ1) is 14.6. The van der Waals surface area contributed by atoms with Crippen molar-refractivity contribution in [1.29, 1.82) is 0 Å².